The minimum Gasteiger partial charge on any atom is -0.483 e. The number of aliphatic imine (C=N–C) groups is 2. The third-order valence-electron chi connectivity index (χ3n) is 5.31. The van der Waals surface area contributed by atoms with E-state index in [0.29, 0.717) is 28.6 Å². The summed E-state index contributed by atoms with van der Waals surface area (Å²) in [5, 5.41) is 12.8. The zero-order chi connectivity index (χ0) is 28.3. The number of rotatable bonds is 7. The van der Waals surface area contributed by atoms with Gasteiger partial charge in [-0.15, -0.1) is 0 Å². The number of carbonyl (C=O) groups excluding carboxylic acids is 1. The first kappa shape index (κ1) is 29.5. The van der Waals surface area contributed by atoms with Crippen molar-refractivity contribution in [2.45, 2.75) is 26.4 Å². The summed E-state index contributed by atoms with van der Waals surface area (Å²) in [5.74, 6) is 0.859. The summed E-state index contributed by atoms with van der Waals surface area (Å²) >= 11 is 0. The number of nitrogens with zero attached hydrogens (tertiary/aromatic N) is 4. The van der Waals surface area contributed by atoms with Crippen LogP contribution in [0.25, 0.3) is 0 Å². The van der Waals surface area contributed by atoms with E-state index in [1.807, 2.05) is 31.2 Å². The summed E-state index contributed by atoms with van der Waals surface area (Å²) in [4.78, 5) is 38.5. The van der Waals surface area contributed by atoms with E-state index < -0.39 is 5.67 Å². The number of hydrogen-bond acceptors (Lipinski definition) is 6. The average Bonchev–Trinajstić information content (AvgIpc) is 2.91. The molecule has 0 aliphatic carbocycles. The maximum Gasteiger partial charge on any atom is 0.290 e. The van der Waals surface area contributed by atoms with Crippen LogP contribution in [-0.2, 0) is 10.5 Å². The molecule has 0 saturated heterocycles. The van der Waals surface area contributed by atoms with Crippen LogP contribution in [0.5, 0.6) is 0 Å². The van der Waals surface area contributed by atoms with Gasteiger partial charge in [0.25, 0.3) is 12.4 Å². The lowest BCUT2D eigenvalue weighted by atomic mass is 10.0. The Kier molecular flexibility index (Phi) is 10.5. The topological polar surface area (TPSA) is 129 Å². The van der Waals surface area contributed by atoms with E-state index in [2.05, 4.69) is 32.2 Å². The average molecular weight is 519 g/mol. The van der Waals surface area contributed by atoms with Crippen molar-refractivity contribution in [2.24, 2.45) is 9.98 Å². The number of hydrogen-bond donors (Lipinski definition) is 3. The zero-order valence-corrected chi connectivity index (χ0v) is 22.0. The molecule has 3 N–H and O–H groups in total. The van der Waals surface area contributed by atoms with E-state index in [0.717, 1.165) is 16.7 Å². The quantitative estimate of drug-likeness (QED) is 0.228. The summed E-state index contributed by atoms with van der Waals surface area (Å²) in [6.07, 6.45) is 4.77. The van der Waals surface area contributed by atoms with Crippen LogP contribution < -0.4 is 10.6 Å². The van der Waals surface area contributed by atoms with Gasteiger partial charge in [0.05, 0.1) is 11.4 Å². The minimum atomic E-state index is -1.65. The molecule has 0 saturated carbocycles. The molecule has 0 aliphatic heterocycles. The van der Waals surface area contributed by atoms with E-state index in [9.17, 15) is 9.18 Å². The Morgan fingerprint density at radius 3 is 2.37 bits per heavy atom. The molecule has 1 amide bonds. The number of halogens is 1. The Morgan fingerprint density at radius 1 is 1.11 bits per heavy atom. The smallest absolute Gasteiger partial charge is 0.290 e. The Morgan fingerprint density at radius 2 is 1.76 bits per heavy atom. The number of amidine groups is 1. The Bertz CT molecular complexity index is 1360. The maximum absolute atomic E-state index is 14.3. The number of carboxylic acid groups (broad SMARTS) is 1. The molecular weight excluding hydrogens is 487 g/mol. The molecule has 0 atom stereocenters. The van der Waals surface area contributed by atoms with Gasteiger partial charge in [0.1, 0.15) is 11.5 Å². The molecule has 2 aromatic heterocycles. The van der Waals surface area contributed by atoms with Crippen molar-refractivity contribution in [1.29, 1.82) is 0 Å². The molecule has 0 radical (unpaired) electrons. The van der Waals surface area contributed by atoms with Gasteiger partial charge in [0.2, 0.25) is 0 Å². The number of amides is 1. The highest BCUT2D eigenvalue weighted by molar-refractivity contribution is 6.18. The second-order valence-electron chi connectivity index (χ2n) is 8.42. The van der Waals surface area contributed by atoms with Crippen molar-refractivity contribution in [3.05, 3.63) is 95.5 Å². The lowest BCUT2D eigenvalue weighted by Gasteiger charge is -2.15. The molecule has 2 heterocycles. The molecule has 9 nitrogen and oxygen atoms in total. The van der Waals surface area contributed by atoms with Crippen LogP contribution in [0.2, 0.25) is 0 Å². The summed E-state index contributed by atoms with van der Waals surface area (Å²) in [7, 11) is 3.46. The van der Waals surface area contributed by atoms with Gasteiger partial charge in [-0.25, -0.2) is 14.4 Å². The first-order valence-corrected chi connectivity index (χ1v) is 11.6. The molecule has 10 heteroatoms. The maximum atomic E-state index is 14.3. The van der Waals surface area contributed by atoms with Crippen molar-refractivity contribution in [1.82, 2.24) is 9.97 Å². The van der Waals surface area contributed by atoms with Gasteiger partial charge in [-0.05, 0) is 68.8 Å². The van der Waals surface area contributed by atoms with Crippen LogP contribution in [-0.4, -0.2) is 53.1 Å². The standard InChI is InChI=1S/C27H29FN6O.CH2O2/c1-7-22(34-25(30-6)18-10-13-32-24(15-18)29-5)21-16-20(9-8-17(21)2)33-26(35)19-11-12-31-23(14-19)27(3,4)28;2-1-3/h7-16H,1H2,2-6H3,(H,29,32)(H,33,35);1H,(H,2,3). The summed E-state index contributed by atoms with van der Waals surface area (Å²) in [5.41, 5.74) is 2.59. The number of aryl methyl sites for hydroxylation is 1. The van der Waals surface area contributed by atoms with Gasteiger partial charge in [-0.3, -0.25) is 19.6 Å². The first-order valence-electron chi connectivity index (χ1n) is 11.6. The third-order valence-corrected chi connectivity index (χ3v) is 5.31. The first-order chi connectivity index (χ1) is 18.1. The van der Waals surface area contributed by atoms with E-state index >= 15 is 0 Å². The van der Waals surface area contributed by atoms with E-state index in [1.54, 1.807) is 38.5 Å². The van der Waals surface area contributed by atoms with E-state index in [4.69, 9.17) is 14.9 Å². The number of aromatic nitrogens is 2. The fourth-order valence-corrected chi connectivity index (χ4v) is 3.36. The van der Waals surface area contributed by atoms with Crippen LogP contribution in [0.4, 0.5) is 15.9 Å². The number of anilines is 2. The second kappa shape index (κ2) is 13.5. The number of carbonyl (C=O) groups is 2. The zero-order valence-electron chi connectivity index (χ0n) is 22.0. The predicted octanol–water partition coefficient (Wildman–Crippen LogP) is 5.04. The summed E-state index contributed by atoms with van der Waals surface area (Å²) in [6, 6.07) is 12.2. The van der Waals surface area contributed by atoms with E-state index in [1.165, 1.54) is 26.1 Å². The van der Waals surface area contributed by atoms with Crippen molar-refractivity contribution in [3.63, 3.8) is 0 Å². The summed E-state index contributed by atoms with van der Waals surface area (Å²) in [6.45, 7) is 8.43. The van der Waals surface area contributed by atoms with Crippen molar-refractivity contribution < 1.29 is 19.1 Å². The molecule has 0 spiro atoms. The lowest BCUT2D eigenvalue weighted by molar-refractivity contribution is -0.122. The summed E-state index contributed by atoms with van der Waals surface area (Å²) < 4.78 is 14.3. The lowest BCUT2D eigenvalue weighted by Crippen LogP contribution is -2.16. The number of allylic oxidation sites excluding steroid dienone is 1. The van der Waals surface area contributed by atoms with Gasteiger partial charge >= 0.3 is 0 Å². The van der Waals surface area contributed by atoms with E-state index in [-0.39, 0.29) is 18.1 Å². The van der Waals surface area contributed by atoms with Crippen LogP contribution in [0.15, 0.2) is 77.5 Å². The monoisotopic (exact) mass is 518 g/mol. The Hall–Kier alpha value is -4.73. The largest absolute Gasteiger partial charge is 0.483 e. The van der Waals surface area contributed by atoms with Crippen LogP contribution in [0, 0.1) is 6.92 Å². The molecule has 0 fully saturated rings. The van der Waals surface area contributed by atoms with Crippen molar-refractivity contribution in [2.75, 3.05) is 24.7 Å². The van der Waals surface area contributed by atoms with Gasteiger partial charge in [0.15, 0.2) is 5.84 Å². The SMILES string of the molecule is C=CC(=NC(=NC)c1ccnc(NC)c1)c1cc(NC(=O)c2ccnc(C(C)(C)F)c2)ccc1C.O=CO. The van der Waals surface area contributed by atoms with Gasteiger partial charge < -0.3 is 15.7 Å². The molecular formula is C28H31FN6O3. The molecule has 1 aromatic carbocycles. The highest BCUT2D eigenvalue weighted by atomic mass is 19.1. The molecule has 0 unspecified atom stereocenters. The van der Waals surface area contributed by atoms with Crippen molar-refractivity contribution in [3.8, 4) is 0 Å². The molecule has 3 aromatic rings. The Labute approximate surface area is 221 Å². The van der Waals surface area contributed by atoms with Crippen molar-refractivity contribution >= 4 is 35.4 Å². The van der Waals surface area contributed by atoms with Crippen LogP contribution in [0.1, 0.15) is 46.6 Å². The normalized spacial score (nSPS) is 11.6. The molecule has 0 bridgehead atoms. The van der Waals surface area contributed by atoms with Crippen LogP contribution >= 0.6 is 0 Å². The third kappa shape index (κ3) is 7.89. The number of nitrogens with one attached hydrogen (secondary N) is 2. The fourth-order valence-electron chi connectivity index (χ4n) is 3.36. The molecule has 3 rings (SSSR count). The molecule has 198 valence electrons. The fraction of sp³-hybridized carbons (Fsp3) is 0.214. The minimum absolute atomic E-state index is 0.194. The van der Waals surface area contributed by atoms with Crippen LogP contribution in [0.3, 0.4) is 0 Å². The highest BCUT2D eigenvalue weighted by Crippen LogP contribution is 2.24. The number of pyridine rings is 2. The van der Waals surface area contributed by atoms with Gasteiger partial charge in [0, 0.05) is 48.9 Å². The number of benzene rings is 1. The molecule has 38 heavy (non-hydrogen) atoms. The highest BCUT2D eigenvalue weighted by Gasteiger charge is 2.22. The molecule has 0 aliphatic rings. The second-order valence-corrected chi connectivity index (χ2v) is 8.42. The van der Waals surface area contributed by atoms with Gasteiger partial charge in [-0.1, -0.05) is 12.6 Å². The number of alkyl halides is 1. The predicted molar refractivity (Wildman–Crippen MR) is 149 cm³/mol. The van der Waals surface area contributed by atoms with Gasteiger partial charge in [-0.2, -0.15) is 0 Å². The Balaban J connectivity index is 0.00000161.